The average Bonchev–Trinajstić information content (AvgIpc) is 3.22. The lowest BCUT2D eigenvalue weighted by atomic mass is 9.83. The highest BCUT2D eigenvalue weighted by molar-refractivity contribution is 6.08. The topological polar surface area (TPSA) is 121 Å². The molecule has 1 aromatic carbocycles. The van der Waals surface area contributed by atoms with E-state index in [0.717, 1.165) is 11.1 Å². The fraction of sp³-hybridized carbons (Fsp3) is 0.423. The number of primary amides is 1. The van der Waals surface area contributed by atoms with Crippen LogP contribution in [0.5, 0.6) is 0 Å². The number of pyridine rings is 1. The zero-order chi connectivity index (χ0) is 24.7. The molecule has 0 unspecified atom stereocenters. The third-order valence-corrected chi connectivity index (χ3v) is 6.73. The quantitative estimate of drug-likeness (QED) is 0.536. The van der Waals surface area contributed by atoms with Crippen molar-refractivity contribution in [2.45, 2.75) is 51.5 Å². The summed E-state index contributed by atoms with van der Waals surface area (Å²) in [6, 6.07) is 7.36. The van der Waals surface area contributed by atoms with Gasteiger partial charge in [-0.15, -0.1) is 0 Å². The molecule has 0 saturated carbocycles. The Hall–Kier alpha value is -3.39. The normalized spacial score (nSPS) is 16.1. The monoisotopic (exact) mass is 464 g/mol. The average molecular weight is 465 g/mol. The molecule has 4 N–H and O–H groups in total. The molecule has 2 aromatic heterocycles. The van der Waals surface area contributed by atoms with Crippen LogP contribution in [0.25, 0.3) is 22.1 Å². The van der Waals surface area contributed by atoms with Crippen LogP contribution in [0.3, 0.4) is 0 Å². The van der Waals surface area contributed by atoms with Crippen LogP contribution < -0.4 is 16.6 Å². The van der Waals surface area contributed by atoms with Crippen molar-refractivity contribution in [3.05, 3.63) is 58.2 Å². The Morgan fingerprint density at radius 1 is 1.24 bits per heavy atom. The van der Waals surface area contributed by atoms with Gasteiger partial charge in [-0.1, -0.05) is 27.7 Å². The lowest BCUT2D eigenvalue weighted by Gasteiger charge is -2.40. The predicted octanol–water partition coefficient (Wildman–Crippen LogP) is 3.16. The van der Waals surface area contributed by atoms with Gasteiger partial charge < -0.3 is 25.4 Å². The summed E-state index contributed by atoms with van der Waals surface area (Å²) in [6.07, 6.45) is 4.00. The van der Waals surface area contributed by atoms with E-state index < -0.39 is 5.54 Å². The van der Waals surface area contributed by atoms with Gasteiger partial charge in [0, 0.05) is 35.8 Å². The summed E-state index contributed by atoms with van der Waals surface area (Å²) in [5.74, 6) is -0.546. The number of nitrogens with one attached hydrogen (secondary N) is 2. The number of rotatable bonds is 5. The first-order chi connectivity index (χ1) is 16.1. The van der Waals surface area contributed by atoms with Crippen molar-refractivity contribution in [2.24, 2.45) is 5.73 Å². The van der Waals surface area contributed by atoms with Gasteiger partial charge in [-0.25, -0.2) is 0 Å². The minimum Gasteiger partial charge on any atom is -0.463 e. The van der Waals surface area contributed by atoms with Gasteiger partial charge in [0.15, 0.2) is 0 Å². The molecule has 4 rings (SSSR count). The maximum atomic E-state index is 13.6. The molecule has 0 atom stereocenters. The molecule has 1 fully saturated rings. The van der Waals surface area contributed by atoms with E-state index in [9.17, 15) is 14.4 Å². The third-order valence-electron chi connectivity index (χ3n) is 6.73. The predicted molar refractivity (Wildman–Crippen MR) is 132 cm³/mol. The van der Waals surface area contributed by atoms with Gasteiger partial charge in [-0.2, -0.15) is 0 Å². The molecule has 3 heterocycles. The van der Waals surface area contributed by atoms with Crippen LogP contribution in [0.2, 0.25) is 0 Å². The second-order valence-corrected chi connectivity index (χ2v) is 9.98. The van der Waals surface area contributed by atoms with Crippen LogP contribution in [0.4, 0.5) is 0 Å². The number of hydrogen-bond donors (Lipinski definition) is 3. The molecule has 0 aliphatic carbocycles. The van der Waals surface area contributed by atoms with Crippen molar-refractivity contribution >= 4 is 22.8 Å². The molecule has 180 valence electrons. The van der Waals surface area contributed by atoms with Gasteiger partial charge in [0.1, 0.15) is 17.4 Å². The SMILES string of the molecule is CCNC1(C(N)=O)CCN(C(=O)c2coc3c(C(C)(C)C)cc(-c4ccc[nH]c4=O)cc23)CC1. The first-order valence-corrected chi connectivity index (χ1v) is 11.7. The number of fused-ring (bicyclic) bond motifs is 1. The summed E-state index contributed by atoms with van der Waals surface area (Å²) >= 11 is 0. The molecule has 0 bridgehead atoms. The lowest BCUT2D eigenvalue weighted by Crippen LogP contribution is -2.61. The van der Waals surface area contributed by atoms with E-state index in [4.69, 9.17) is 10.2 Å². The highest BCUT2D eigenvalue weighted by atomic mass is 16.3. The molecular weight excluding hydrogens is 432 g/mol. The number of furan rings is 1. The number of aromatic amines is 1. The fourth-order valence-electron chi connectivity index (χ4n) is 4.77. The number of nitrogens with two attached hydrogens (primary N) is 1. The molecule has 1 saturated heterocycles. The number of piperidine rings is 1. The number of carbonyl (C=O) groups is 2. The van der Waals surface area contributed by atoms with Gasteiger partial charge in [0.05, 0.1) is 5.56 Å². The Labute approximate surface area is 198 Å². The summed E-state index contributed by atoms with van der Waals surface area (Å²) in [7, 11) is 0. The smallest absolute Gasteiger partial charge is 0.257 e. The van der Waals surface area contributed by atoms with Crippen LogP contribution in [-0.2, 0) is 10.2 Å². The first-order valence-electron chi connectivity index (χ1n) is 11.7. The van der Waals surface area contributed by atoms with Gasteiger partial charge in [0.2, 0.25) is 5.91 Å². The maximum absolute atomic E-state index is 13.6. The van der Waals surface area contributed by atoms with Crippen molar-refractivity contribution in [3.63, 3.8) is 0 Å². The molecule has 8 nitrogen and oxygen atoms in total. The number of likely N-dealkylation sites (tertiary alicyclic amines) is 1. The molecule has 3 aromatic rings. The Kier molecular flexibility index (Phi) is 6.12. The van der Waals surface area contributed by atoms with Crippen LogP contribution in [0.15, 0.2) is 45.9 Å². The van der Waals surface area contributed by atoms with Crippen molar-refractivity contribution < 1.29 is 14.0 Å². The molecule has 1 aliphatic heterocycles. The standard InChI is InChI=1S/C26H32N4O4/c1-5-29-26(24(27)33)8-11-30(12-9-26)23(32)19-15-34-21-18(19)13-16(14-20(21)25(2,3)4)17-7-6-10-28-22(17)31/h6-7,10,13-15,29H,5,8-9,11-12H2,1-4H3,(H2,27,33)(H,28,31). The molecule has 34 heavy (non-hydrogen) atoms. The zero-order valence-electron chi connectivity index (χ0n) is 20.2. The minimum atomic E-state index is -0.787. The zero-order valence-corrected chi connectivity index (χ0v) is 20.2. The minimum absolute atomic E-state index is 0.160. The summed E-state index contributed by atoms with van der Waals surface area (Å²) < 4.78 is 5.94. The van der Waals surface area contributed by atoms with Crippen molar-refractivity contribution in [1.29, 1.82) is 0 Å². The molecule has 0 spiro atoms. The highest BCUT2D eigenvalue weighted by Gasteiger charge is 2.40. The van der Waals surface area contributed by atoms with Crippen LogP contribution in [0.1, 0.15) is 56.5 Å². The van der Waals surface area contributed by atoms with E-state index in [-0.39, 0.29) is 22.8 Å². The number of H-pyrrole nitrogens is 1. The first kappa shape index (κ1) is 23.8. The van der Waals surface area contributed by atoms with Crippen molar-refractivity contribution in [3.8, 4) is 11.1 Å². The number of carbonyl (C=O) groups excluding carboxylic acids is 2. The maximum Gasteiger partial charge on any atom is 0.257 e. The van der Waals surface area contributed by atoms with Crippen LogP contribution in [0, 0.1) is 0 Å². The number of aromatic nitrogens is 1. The van der Waals surface area contributed by atoms with Gasteiger partial charge in [-0.05, 0) is 54.6 Å². The number of hydrogen-bond acceptors (Lipinski definition) is 5. The van der Waals surface area contributed by atoms with Crippen LogP contribution >= 0.6 is 0 Å². The third kappa shape index (κ3) is 4.14. The van der Waals surface area contributed by atoms with E-state index in [1.54, 1.807) is 23.2 Å². The number of likely N-dealkylation sites (N-methyl/N-ethyl adjacent to an activating group) is 1. The van der Waals surface area contributed by atoms with E-state index in [1.807, 2.05) is 19.1 Å². The van der Waals surface area contributed by atoms with E-state index >= 15 is 0 Å². The van der Waals surface area contributed by atoms with Crippen LogP contribution in [-0.4, -0.2) is 46.9 Å². The van der Waals surface area contributed by atoms with E-state index in [1.165, 1.54) is 6.26 Å². The summed E-state index contributed by atoms with van der Waals surface area (Å²) in [6.45, 7) is 9.58. The summed E-state index contributed by atoms with van der Waals surface area (Å²) in [4.78, 5) is 42.6. The Bertz CT molecular complexity index is 1290. The Balaban J connectivity index is 1.75. The molecular formula is C26H32N4O4. The molecule has 8 heteroatoms. The van der Waals surface area contributed by atoms with E-state index in [2.05, 4.69) is 31.1 Å². The second-order valence-electron chi connectivity index (χ2n) is 9.98. The lowest BCUT2D eigenvalue weighted by molar-refractivity contribution is -0.126. The van der Waals surface area contributed by atoms with Crippen molar-refractivity contribution in [2.75, 3.05) is 19.6 Å². The molecule has 2 amide bonds. The Morgan fingerprint density at radius 2 is 1.94 bits per heavy atom. The van der Waals surface area contributed by atoms with Gasteiger partial charge in [-0.3, -0.25) is 14.4 Å². The molecule has 0 radical (unpaired) electrons. The van der Waals surface area contributed by atoms with Crippen molar-refractivity contribution in [1.82, 2.24) is 15.2 Å². The fourth-order valence-corrected chi connectivity index (χ4v) is 4.77. The Morgan fingerprint density at radius 3 is 2.53 bits per heavy atom. The number of nitrogens with zero attached hydrogens (tertiary/aromatic N) is 1. The summed E-state index contributed by atoms with van der Waals surface area (Å²) in [5, 5.41) is 3.89. The highest BCUT2D eigenvalue weighted by Crippen LogP contribution is 2.37. The number of benzene rings is 1. The number of amides is 2. The van der Waals surface area contributed by atoms with Gasteiger partial charge in [0.25, 0.3) is 11.5 Å². The molecule has 1 aliphatic rings. The van der Waals surface area contributed by atoms with E-state index in [0.29, 0.717) is 54.6 Å². The largest absolute Gasteiger partial charge is 0.463 e. The summed E-state index contributed by atoms with van der Waals surface area (Å²) in [5.41, 5.74) is 7.69. The van der Waals surface area contributed by atoms with Gasteiger partial charge >= 0.3 is 0 Å². The second kappa shape index (κ2) is 8.76.